The van der Waals surface area contributed by atoms with E-state index in [1.807, 2.05) is 0 Å². The van der Waals surface area contributed by atoms with Crippen LogP contribution in [0, 0.1) is 5.92 Å². The summed E-state index contributed by atoms with van der Waals surface area (Å²) in [6.45, 7) is 0. The zero-order valence-corrected chi connectivity index (χ0v) is 10.3. The fraction of sp³-hybridized carbons (Fsp3) is 0.500. The fourth-order valence-electron chi connectivity index (χ4n) is 2.42. The van der Waals surface area contributed by atoms with Gasteiger partial charge in [0.25, 0.3) is 0 Å². The Labute approximate surface area is 109 Å². The Kier molecular flexibility index (Phi) is 2.62. The number of nitrogens with one attached hydrogen (secondary N) is 1. The molecule has 0 radical (unpaired) electrons. The third-order valence-corrected chi connectivity index (χ3v) is 3.81. The second-order valence-corrected chi connectivity index (χ2v) is 5.39. The van der Waals surface area contributed by atoms with Crippen LogP contribution in [-0.4, -0.2) is 5.91 Å². The highest BCUT2D eigenvalue weighted by Gasteiger charge is 2.51. The molecule has 19 heavy (non-hydrogen) atoms. The largest absolute Gasteiger partial charge is 0.416 e. The lowest BCUT2D eigenvalue weighted by Crippen LogP contribution is -2.37. The number of halogens is 3. The van der Waals surface area contributed by atoms with Crippen LogP contribution in [0.1, 0.15) is 36.8 Å². The van der Waals surface area contributed by atoms with Gasteiger partial charge in [0.05, 0.1) is 11.1 Å². The second-order valence-electron chi connectivity index (χ2n) is 5.39. The molecule has 1 aromatic carbocycles. The average Bonchev–Trinajstić information content (AvgIpc) is 3.23. The van der Waals surface area contributed by atoms with Crippen molar-refractivity contribution in [2.45, 2.75) is 37.4 Å². The van der Waals surface area contributed by atoms with Crippen molar-refractivity contribution in [1.82, 2.24) is 5.32 Å². The number of alkyl halides is 3. The van der Waals surface area contributed by atoms with Gasteiger partial charge in [-0.2, -0.15) is 13.2 Å². The third-order valence-electron chi connectivity index (χ3n) is 3.81. The van der Waals surface area contributed by atoms with Gasteiger partial charge in [-0.25, -0.2) is 0 Å². The summed E-state index contributed by atoms with van der Waals surface area (Å²) < 4.78 is 39.0. The minimum Gasteiger partial charge on any atom is -0.346 e. The Bertz CT molecular complexity index is 516. The summed E-state index contributed by atoms with van der Waals surface area (Å²) in [5.41, 5.74) is -1.22. The van der Waals surface area contributed by atoms with E-state index in [-0.39, 0.29) is 17.4 Å². The Morgan fingerprint density at radius 2 is 1.84 bits per heavy atom. The number of rotatable bonds is 3. The molecule has 3 rings (SSSR count). The first-order chi connectivity index (χ1) is 8.92. The third kappa shape index (κ3) is 2.33. The first-order valence-corrected chi connectivity index (χ1v) is 6.41. The molecule has 1 N–H and O–H groups in total. The van der Waals surface area contributed by atoms with E-state index in [0.717, 1.165) is 18.9 Å². The highest BCUT2D eigenvalue weighted by Crippen LogP contribution is 2.50. The van der Waals surface area contributed by atoms with Crippen molar-refractivity contribution < 1.29 is 18.0 Å². The number of hydrogen-bond donors (Lipinski definition) is 1. The van der Waals surface area contributed by atoms with Crippen LogP contribution in [0.5, 0.6) is 0 Å². The smallest absolute Gasteiger partial charge is 0.346 e. The summed E-state index contributed by atoms with van der Waals surface area (Å²) in [7, 11) is 0. The molecule has 0 aliphatic heterocycles. The summed E-state index contributed by atoms with van der Waals surface area (Å²) in [6, 6.07) is 5.53. The molecule has 2 saturated carbocycles. The van der Waals surface area contributed by atoms with E-state index in [1.54, 1.807) is 6.07 Å². The lowest BCUT2D eigenvalue weighted by atomic mass is 9.97. The molecule has 2 aliphatic carbocycles. The predicted octanol–water partition coefficient (Wildman–Crippen LogP) is 3.22. The summed E-state index contributed by atoms with van der Waals surface area (Å²) in [6.07, 6.45) is -1.51. The van der Waals surface area contributed by atoms with Gasteiger partial charge >= 0.3 is 6.18 Å². The van der Waals surface area contributed by atoms with Gasteiger partial charge < -0.3 is 5.32 Å². The normalized spacial score (nSPS) is 21.0. The number of amides is 1. The van der Waals surface area contributed by atoms with Crippen LogP contribution in [0.25, 0.3) is 0 Å². The molecule has 102 valence electrons. The van der Waals surface area contributed by atoms with Crippen LogP contribution in [0.3, 0.4) is 0 Å². The molecule has 0 saturated heterocycles. The van der Waals surface area contributed by atoms with Gasteiger partial charge in [0.1, 0.15) is 0 Å². The monoisotopic (exact) mass is 269 g/mol. The molecule has 0 unspecified atom stereocenters. The Morgan fingerprint density at radius 1 is 1.21 bits per heavy atom. The second kappa shape index (κ2) is 3.99. The summed E-state index contributed by atoms with van der Waals surface area (Å²) >= 11 is 0. The lowest BCUT2D eigenvalue weighted by Gasteiger charge is -2.22. The molecule has 2 aliphatic rings. The van der Waals surface area contributed by atoms with Crippen LogP contribution in [0.2, 0.25) is 0 Å². The quantitative estimate of drug-likeness (QED) is 0.896. The number of benzene rings is 1. The van der Waals surface area contributed by atoms with Crippen molar-refractivity contribution in [3.63, 3.8) is 0 Å². The molecule has 2 nitrogen and oxygen atoms in total. The van der Waals surface area contributed by atoms with Crippen molar-refractivity contribution in [3.8, 4) is 0 Å². The zero-order chi connectivity index (χ0) is 13.7. The van der Waals surface area contributed by atoms with Gasteiger partial charge in [0, 0.05) is 5.92 Å². The first-order valence-electron chi connectivity index (χ1n) is 6.41. The maximum Gasteiger partial charge on any atom is 0.416 e. The van der Waals surface area contributed by atoms with Crippen molar-refractivity contribution in [1.29, 1.82) is 0 Å². The molecule has 1 aromatic rings. The predicted molar refractivity (Wildman–Crippen MR) is 63.2 cm³/mol. The number of carbonyl (C=O) groups is 1. The van der Waals surface area contributed by atoms with E-state index in [2.05, 4.69) is 5.32 Å². The van der Waals surface area contributed by atoms with Gasteiger partial charge in [0.15, 0.2) is 0 Å². The summed E-state index contributed by atoms with van der Waals surface area (Å²) in [5.74, 6) is -0.0926. The van der Waals surface area contributed by atoms with E-state index in [0.29, 0.717) is 12.8 Å². The number of hydrogen-bond acceptors (Lipinski definition) is 1. The van der Waals surface area contributed by atoms with Crippen molar-refractivity contribution in [3.05, 3.63) is 35.4 Å². The van der Waals surface area contributed by atoms with Crippen LogP contribution in [0.4, 0.5) is 13.2 Å². The molecule has 2 fully saturated rings. The molecular weight excluding hydrogens is 255 g/mol. The standard InChI is InChI=1S/C14H14F3NO/c15-14(16,17)11-4-2-1-3-10(11)13(7-8-13)18-12(19)9-5-6-9/h1-4,9H,5-8H2,(H,18,19). The van der Waals surface area contributed by atoms with E-state index in [9.17, 15) is 18.0 Å². The van der Waals surface area contributed by atoms with Gasteiger partial charge in [0.2, 0.25) is 5.91 Å². The van der Waals surface area contributed by atoms with E-state index in [4.69, 9.17) is 0 Å². The van der Waals surface area contributed by atoms with Crippen molar-refractivity contribution >= 4 is 5.91 Å². The molecule has 5 heteroatoms. The van der Waals surface area contributed by atoms with Crippen LogP contribution in [-0.2, 0) is 16.5 Å². The molecular formula is C14H14F3NO. The Balaban J connectivity index is 1.91. The lowest BCUT2D eigenvalue weighted by molar-refractivity contribution is -0.139. The Hall–Kier alpha value is -1.52. The maximum absolute atomic E-state index is 13.0. The molecule has 0 spiro atoms. The first kappa shape index (κ1) is 12.5. The molecule has 0 bridgehead atoms. The zero-order valence-electron chi connectivity index (χ0n) is 10.3. The molecule has 0 heterocycles. The highest BCUT2D eigenvalue weighted by atomic mass is 19.4. The average molecular weight is 269 g/mol. The van der Waals surface area contributed by atoms with E-state index < -0.39 is 17.3 Å². The van der Waals surface area contributed by atoms with Crippen molar-refractivity contribution in [2.24, 2.45) is 5.92 Å². The molecule has 0 aromatic heterocycles. The number of carbonyl (C=O) groups excluding carboxylic acids is 1. The fourth-order valence-corrected chi connectivity index (χ4v) is 2.42. The maximum atomic E-state index is 13.0. The van der Waals surface area contributed by atoms with E-state index >= 15 is 0 Å². The van der Waals surface area contributed by atoms with E-state index in [1.165, 1.54) is 12.1 Å². The van der Waals surface area contributed by atoms with Gasteiger partial charge in [-0.05, 0) is 37.3 Å². The topological polar surface area (TPSA) is 29.1 Å². The molecule has 1 amide bonds. The summed E-state index contributed by atoms with van der Waals surface area (Å²) in [5, 5.41) is 2.82. The minimum atomic E-state index is -4.38. The van der Waals surface area contributed by atoms with Crippen LogP contribution in [0.15, 0.2) is 24.3 Å². The minimum absolute atomic E-state index is 0.00974. The van der Waals surface area contributed by atoms with Gasteiger partial charge in [-0.1, -0.05) is 18.2 Å². The summed E-state index contributed by atoms with van der Waals surface area (Å²) in [4.78, 5) is 11.8. The Morgan fingerprint density at radius 3 is 2.37 bits per heavy atom. The van der Waals surface area contributed by atoms with Crippen LogP contribution < -0.4 is 5.32 Å². The van der Waals surface area contributed by atoms with Gasteiger partial charge in [-0.15, -0.1) is 0 Å². The van der Waals surface area contributed by atoms with Crippen molar-refractivity contribution in [2.75, 3.05) is 0 Å². The van der Waals surface area contributed by atoms with Crippen LogP contribution >= 0.6 is 0 Å². The SMILES string of the molecule is O=C(NC1(c2ccccc2C(F)(F)F)CC1)C1CC1. The van der Waals surface area contributed by atoms with Gasteiger partial charge in [-0.3, -0.25) is 4.79 Å². The highest BCUT2D eigenvalue weighted by molar-refractivity contribution is 5.82. The molecule has 0 atom stereocenters.